The van der Waals surface area contributed by atoms with Crippen molar-refractivity contribution in [2.75, 3.05) is 0 Å². The van der Waals surface area contributed by atoms with Crippen LogP contribution in [0.1, 0.15) is 21.8 Å². The number of rotatable bonds is 6. The first-order valence-corrected chi connectivity index (χ1v) is 9.37. The monoisotopic (exact) mass is 420 g/mol. The van der Waals surface area contributed by atoms with E-state index in [0.29, 0.717) is 17.0 Å². The van der Waals surface area contributed by atoms with Crippen LogP contribution in [0, 0.1) is 5.82 Å². The second kappa shape index (κ2) is 8.62. The van der Waals surface area contributed by atoms with Gasteiger partial charge in [0.2, 0.25) is 5.69 Å². The fourth-order valence-electron chi connectivity index (χ4n) is 3.02. The summed E-state index contributed by atoms with van der Waals surface area (Å²) in [5.74, 6) is -0.775. The van der Waals surface area contributed by atoms with E-state index in [1.54, 1.807) is 48.5 Å². The summed E-state index contributed by atoms with van der Waals surface area (Å²) in [5.41, 5.74) is -1.32. The Balaban J connectivity index is 1.79. The molecule has 0 aliphatic heterocycles. The molecular formula is C22H17FN4O4. The molecule has 0 fully saturated rings. The highest BCUT2D eigenvalue weighted by molar-refractivity contribution is 5.91. The Morgan fingerprint density at radius 2 is 1.84 bits per heavy atom. The SMILES string of the molecule is O=C(NCc1ccco1)c1nn(-c2ccccc2)c(=O)n(Cc2cccc(F)c2)c1=O. The first kappa shape index (κ1) is 20.0. The molecule has 0 saturated carbocycles. The Labute approximate surface area is 175 Å². The molecule has 4 aromatic rings. The second-order valence-electron chi connectivity index (χ2n) is 6.66. The smallest absolute Gasteiger partial charge is 0.352 e. The molecule has 0 spiro atoms. The van der Waals surface area contributed by atoms with Crippen molar-refractivity contribution in [2.24, 2.45) is 0 Å². The van der Waals surface area contributed by atoms with Gasteiger partial charge in [-0.05, 0) is 42.0 Å². The van der Waals surface area contributed by atoms with Crippen molar-refractivity contribution in [1.82, 2.24) is 19.7 Å². The Morgan fingerprint density at radius 1 is 1.03 bits per heavy atom. The van der Waals surface area contributed by atoms with Gasteiger partial charge in [-0.3, -0.25) is 14.2 Å². The summed E-state index contributed by atoms with van der Waals surface area (Å²) in [7, 11) is 0. The van der Waals surface area contributed by atoms with Crippen molar-refractivity contribution in [3.63, 3.8) is 0 Å². The Morgan fingerprint density at radius 3 is 2.55 bits per heavy atom. The molecule has 156 valence electrons. The van der Waals surface area contributed by atoms with E-state index in [1.165, 1.54) is 24.5 Å². The van der Waals surface area contributed by atoms with Gasteiger partial charge in [0.25, 0.3) is 11.5 Å². The van der Waals surface area contributed by atoms with Gasteiger partial charge >= 0.3 is 5.69 Å². The van der Waals surface area contributed by atoms with Crippen molar-refractivity contribution in [3.05, 3.63) is 117 Å². The third-order valence-corrected chi connectivity index (χ3v) is 4.51. The van der Waals surface area contributed by atoms with Crippen molar-refractivity contribution < 1.29 is 13.6 Å². The van der Waals surface area contributed by atoms with Crippen molar-refractivity contribution in [3.8, 4) is 5.69 Å². The van der Waals surface area contributed by atoms with E-state index >= 15 is 0 Å². The molecule has 9 heteroatoms. The maximum atomic E-state index is 13.6. The zero-order valence-electron chi connectivity index (χ0n) is 16.2. The number of halogens is 1. The molecule has 0 aliphatic rings. The number of hydrogen-bond donors (Lipinski definition) is 1. The topological polar surface area (TPSA) is 99.1 Å². The highest BCUT2D eigenvalue weighted by Crippen LogP contribution is 2.06. The third kappa shape index (κ3) is 4.35. The molecule has 0 unspecified atom stereocenters. The largest absolute Gasteiger partial charge is 0.467 e. The number of nitrogens with zero attached hydrogens (tertiary/aromatic N) is 3. The summed E-state index contributed by atoms with van der Waals surface area (Å²) >= 11 is 0. The predicted molar refractivity (Wildman–Crippen MR) is 109 cm³/mol. The third-order valence-electron chi connectivity index (χ3n) is 4.51. The van der Waals surface area contributed by atoms with Crippen LogP contribution in [-0.2, 0) is 13.1 Å². The quantitative estimate of drug-likeness (QED) is 0.515. The van der Waals surface area contributed by atoms with Crippen LogP contribution in [0.2, 0.25) is 0 Å². The molecule has 31 heavy (non-hydrogen) atoms. The van der Waals surface area contributed by atoms with Gasteiger partial charge in [0.05, 0.1) is 25.0 Å². The number of nitrogens with one attached hydrogen (secondary N) is 1. The molecule has 0 atom stereocenters. The van der Waals surface area contributed by atoms with Crippen molar-refractivity contribution in [2.45, 2.75) is 13.1 Å². The first-order valence-electron chi connectivity index (χ1n) is 9.37. The van der Waals surface area contributed by atoms with Crippen LogP contribution in [0.5, 0.6) is 0 Å². The molecule has 0 bridgehead atoms. The van der Waals surface area contributed by atoms with Crippen molar-refractivity contribution in [1.29, 1.82) is 0 Å². The van der Waals surface area contributed by atoms with Crippen LogP contribution in [0.15, 0.2) is 87.0 Å². The van der Waals surface area contributed by atoms with E-state index < -0.39 is 28.7 Å². The van der Waals surface area contributed by atoms with E-state index in [1.807, 2.05) is 0 Å². The summed E-state index contributed by atoms with van der Waals surface area (Å²) in [6.07, 6.45) is 1.46. The lowest BCUT2D eigenvalue weighted by Crippen LogP contribution is -2.46. The summed E-state index contributed by atoms with van der Waals surface area (Å²) < 4.78 is 20.6. The number of benzene rings is 2. The highest BCUT2D eigenvalue weighted by atomic mass is 19.1. The van der Waals surface area contributed by atoms with Crippen LogP contribution < -0.4 is 16.6 Å². The Bertz CT molecular complexity index is 1330. The second-order valence-corrected chi connectivity index (χ2v) is 6.66. The molecule has 0 aliphatic carbocycles. The fraction of sp³-hybridized carbons (Fsp3) is 0.0909. The van der Waals surface area contributed by atoms with Gasteiger partial charge < -0.3 is 9.73 Å². The lowest BCUT2D eigenvalue weighted by molar-refractivity contribution is 0.0938. The number of para-hydroxylation sites is 1. The summed E-state index contributed by atoms with van der Waals surface area (Å²) in [5, 5.41) is 6.57. The molecule has 2 heterocycles. The number of carbonyl (C=O) groups excluding carboxylic acids is 1. The minimum Gasteiger partial charge on any atom is -0.467 e. The normalized spacial score (nSPS) is 10.7. The van der Waals surface area contributed by atoms with E-state index in [9.17, 15) is 18.8 Å². The maximum Gasteiger partial charge on any atom is 0.352 e. The number of aromatic nitrogens is 3. The zero-order chi connectivity index (χ0) is 21.8. The summed E-state index contributed by atoms with van der Waals surface area (Å²) in [4.78, 5) is 38.7. The molecule has 8 nitrogen and oxygen atoms in total. The molecular weight excluding hydrogens is 403 g/mol. The maximum absolute atomic E-state index is 13.6. The van der Waals surface area contributed by atoms with Crippen LogP contribution in [0.3, 0.4) is 0 Å². The van der Waals surface area contributed by atoms with Gasteiger partial charge in [0.1, 0.15) is 11.6 Å². The molecule has 4 rings (SSSR count). The molecule has 0 saturated heterocycles. The van der Waals surface area contributed by atoms with Crippen LogP contribution >= 0.6 is 0 Å². The minimum absolute atomic E-state index is 0.0430. The van der Waals surface area contributed by atoms with E-state index in [4.69, 9.17) is 4.42 Å². The van der Waals surface area contributed by atoms with E-state index in [2.05, 4.69) is 10.4 Å². The van der Waals surface area contributed by atoms with Gasteiger partial charge in [0, 0.05) is 0 Å². The minimum atomic E-state index is -0.876. The van der Waals surface area contributed by atoms with Gasteiger partial charge in [-0.15, -0.1) is 0 Å². The van der Waals surface area contributed by atoms with Gasteiger partial charge in [-0.2, -0.15) is 9.78 Å². The summed E-state index contributed by atoms with van der Waals surface area (Å²) in [6, 6.07) is 17.3. The van der Waals surface area contributed by atoms with Crippen molar-refractivity contribution >= 4 is 5.91 Å². The zero-order valence-corrected chi connectivity index (χ0v) is 16.2. The number of amides is 1. The molecule has 2 aromatic heterocycles. The number of furan rings is 1. The molecule has 1 N–H and O–H groups in total. The lowest BCUT2D eigenvalue weighted by atomic mass is 10.2. The van der Waals surface area contributed by atoms with Gasteiger partial charge in [0.15, 0.2) is 0 Å². The van der Waals surface area contributed by atoms with Crippen LogP contribution in [0.25, 0.3) is 5.69 Å². The standard InChI is InChI=1S/C22H17FN4O4/c23-16-7-4-6-15(12-16)14-26-21(29)19(20(28)24-13-18-10-5-11-31-18)25-27(22(26)30)17-8-2-1-3-9-17/h1-12H,13-14H2,(H,24,28). The molecule has 2 aromatic carbocycles. The highest BCUT2D eigenvalue weighted by Gasteiger charge is 2.20. The van der Waals surface area contributed by atoms with Crippen LogP contribution in [-0.4, -0.2) is 20.3 Å². The van der Waals surface area contributed by atoms with E-state index in [-0.39, 0.29) is 13.1 Å². The Kier molecular flexibility index (Phi) is 5.57. The Hall–Kier alpha value is -4.27. The average molecular weight is 420 g/mol. The summed E-state index contributed by atoms with van der Waals surface area (Å²) in [6.45, 7) is -0.176. The van der Waals surface area contributed by atoms with Gasteiger partial charge in [-0.1, -0.05) is 30.3 Å². The molecule has 1 amide bonds. The fourth-order valence-corrected chi connectivity index (χ4v) is 3.02. The van der Waals surface area contributed by atoms with Crippen LogP contribution in [0.4, 0.5) is 4.39 Å². The first-order chi connectivity index (χ1) is 15.0. The number of hydrogen-bond acceptors (Lipinski definition) is 5. The van der Waals surface area contributed by atoms with E-state index in [0.717, 1.165) is 9.25 Å². The molecule has 0 radical (unpaired) electrons. The van der Waals surface area contributed by atoms with Gasteiger partial charge in [-0.25, -0.2) is 9.18 Å². The lowest BCUT2D eigenvalue weighted by Gasteiger charge is -2.12. The average Bonchev–Trinajstić information content (AvgIpc) is 3.29. The predicted octanol–water partition coefficient (Wildman–Crippen LogP) is 2.10. The number of carbonyl (C=O) groups is 1.